The maximum absolute atomic E-state index is 13.6. The fraction of sp³-hybridized carbons (Fsp3) is 0.0833. The van der Waals surface area contributed by atoms with E-state index in [0.717, 1.165) is 32.6 Å². The minimum Gasteiger partial charge on any atom is -0.337 e. The smallest absolute Gasteiger partial charge is 0.274 e. The number of rotatable bonds is 2. The first-order valence-corrected chi connectivity index (χ1v) is 11.2. The van der Waals surface area contributed by atoms with E-state index < -0.39 is 0 Å². The largest absolute Gasteiger partial charge is 0.337 e. The third-order valence-electron chi connectivity index (χ3n) is 4.95. The Balaban J connectivity index is 1.62. The van der Waals surface area contributed by atoms with Crippen LogP contribution < -0.4 is 9.80 Å². The van der Waals surface area contributed by atoms with Crippen LogP contribution in [0.25, 0.3) is 0 Å². The van der Waals surface area contributed by atoms with Crippen molar-refractivity contribution in [2.45, 2.75) is 11.8 Å². The zero-order valence-electron chi connectivity index (χ0n) is 16.6. The first kappa shape index (κ1) is 19.0. The van der Waals surface area contributed by atoms with Crippen molar-refractivity contribution in [1.29, 1.82) is 0 Å². The zero-order chi connectivity index (χ0) is 20.7. The molecule has 30 heavy (non-hydrogen) atoms. The molecule has 0 radical (unpaired) electrons. The highest BCUT2D eigenvalue weighted by atomic mass is 32.2. The van der Waals surface area contributed by atoms with Crippen LogP contribution in [0.3, 0.4) is 0 Å². The van der Waals surface area contributed by atoms with Gasteiger partial charge in [-0.1, -0.05) is 54.2 Å². The molecule has 3 aromatic rings. The van der Waals surface area contributed by atoms with Crippen LogP contribution in [-0.4, -0.2) is 18.1 Å². The van der Waals surface area contributed by atoms with Gasteiger partial charge in [-0.15, -0.1) is 0 Å². The van der Waals surface area contributed by atoms with Gasteiger partial charge in [-0.3, -0.25) is 9.69 Å². The van der Waals surface area contributed by atoms with E-state index in [1.807, 2.05) is 80.7 Å². The second-order valence-electron chi connectivity index (χ2n) is 7.07. The van der Waals surface area contributed by atoms with E-state index in [-0.39, 0.29) is 5.91 Å². The summed E-state index contributed by atoms with van der Waals surface area (Å²) in [5.41, 5.74) is 3.88. The SMILES string of the molecule is Cc1cccc(N2C(=O)C(=C3Sc4ccccc4N3C)SC2=Nc2ccccc2)c1. The number of thioether (sulfide) groups is 2. The number of benzene rings is 3. The van der Waals surface area contributed by atoms with E-state index in [4.69, 9.17) is 4.99 Å². The lowest BCUT2D eigenvalue weighted by Crippen LogP contribution is -2.29. The molecule has 1 fully saturated rings. The van der Waals surface area contributed by atoms with Crippen molar-refractivity contribution in [1.82, 2.24) is 0 Å². The lowest BCUT2D eigenvalue weighted by molar-refractivity contribution is -0.113. The normalized spacial score (nSPS) is 19.7. The monoisotopic (exact) mass is 429 g/mol. The Hall–Kier alpha value is -2.96. The van der Waals surface area contributed by atoms with E-state index in [2.05, 4.69) is 17.0 Å². The minimum absolute atomic E-state index is 0.0394. The van der Waals surface area contributed by atoms with Crippen LogP contribution in [-0.2, 0) is 4.79 Å². The van der Waals surface area contributed by atoms with Gasteiger partial charge >= 0.3 is 0 Å². The highest BCUT2D eigenvalue weighted by Crippen LogP contribution is 2.50. The summed E-state index contributed by atoms with van der Waals surface area (Å²) in [6.07, 6.45) is 0. The van der Waals surface area contributed by atoms with Crippen molar-refractivity contribution >= 4 is 51.7 Å². The Labute approximate surface area is 184 Å². The number of fused-ring (bicyclic) bond motifs is 1. The minimum atomic E-state index is -0.0394. The summed E-state index contributed by atoms with van der Waals surface area (Å²) in [6, 6.07) is 26.0. The summed E-state index contributed by atoms with van der Waals surface area (Å²) in [6.45, 7) is 2.03. The molecule has 3 aromatic carbocycles. The summed E-state index contributed by atoms with van der Waals surface area (Å²) < 4.78 is 0. The van der Waals surface area contributed by atoms with Crippen LogP contribution >= 0.6 is 23.5 Å². The molecule has 6 heteroatoms. The fourth-order valence-electron chi connectivity index (χ4n) is 3.49. The summed E-state index contributed by atoms with van der Waals surface area (Å²) in [5, 5.41) is 1.62. The van der Waals surface area contributed by atoms with Crippen LogP contribution in [0.1, 0.15) is 5.56 Å². The molecule has 0 spiro atoms. The van der Waals surface area contributed by atoms with Gasteiger partial charge in [-0.2, -0.15) is 0 Å². The molecule has 1 saturated heterocycles. The van der Waals surface area contributed by atoms with E-state index in [9.17, 15) is 4.79 Å². The standard InChI is InChI=1S/C24H19N3OS2/c1-16-9-8-12-18(15-16)27-22(28)21(30-24(27)25-17-10-4-3-5-11-17)23-26(2)19-13-6-7-14-20(19)29-23/h3-15H,1-2H3. The number of nitrogens with zero attached hydrogens (tertiary/aromatic N) is 3. The number of carbonyl (C=O) groups excluding carboxylic acids is 1. The molecule has 2 aliphatic rings. The molecule has 0 bridgehead atoms. The zero-order valence-corrected chi connectivity index (χ0v) is 18.2. The predicted molar refractivity (Wildman–Crippen MR) is 128 cm³/mol. The average Bonchev–Trinajstić information content (AvgIpc) is 3.25. The second-order valence-corrected chi connectivity index (χ2v) is 9.08. The van der Waals surface area contributed by atoms with Crippen molar-refractivity contribution in [2.75, 3.05) is 16.8 Å². The van der Waals surface area contributed by atoms with Gasteiger partial charge in [0, 0.05) is 11.9 Å². The number of aliphatic imine (C=N–C) groups is 1. The Kier molecular flexibility index (Phi) is 4.89. The van der Waals surface area contributed by atoms with Gasteiger partial charge in [-0.25, -0.2) is 4.99 Å². The van der Waals surface area contributed by atoms with Crippen LogP contribution in [0.5, 0.6) is 0 Å². The van der Waals surface area contributed by atoms with Crippen molar-refractivity contribution < 1.29 is 4.79 Å². The van der Waals surface area contributed by atoms with Gasteiger partial charge in [-0.05, 0) is 60.6 Å². The lowest BCUT2D eigenvalue weighted by Gasteiger charge is -2.17. The van der Waals surface area contributed by atoms with Crippen LogP contribution in [0.15, 0.2) is 98.7 Å². The molecule has 148 valence electrons. The molecule has 2 heterocycles. The second kappa shape index (κ2) is 7.70. The molecule has 0 aliphatic carbocycles. The topological polar surface area (TPSA) is 35.9 Å². The number of hydrogen-bond donors (Lipinski definition) is 0. The molecule has 0 aromatic heterocycles. The molecule has 2 aliphatic heterocycles. The van der Waals surface area contributed by atoms with Crippen molar-refractivity contribution in [3.8, 4) is 0 Å². The van der Waals surface area contributed by atoms with Crippen molar-refractivity contribution in [3.63, 3.8) is 0 Å². The van der Waals surface area contributed by atoms with Gasteiger partial charge in [0.05, 0.1) is 22.1 Å². The average molecular weight is 430 g/mol. The Morgan fingerprint density at radius 3 is 2.40 bits per heavy atom. The number of amidine groups is 1. The Morgan fingerprint density at radius 1 is 0.867 bits per heavy atom. The maximum atomic E-state index is 13.6. The molecule has 1 amide bonds. The fourth-order valence-corrected chi connectivity index (χ4v) is 5.83. The molecular weight excluding hydrogens is 410 g/mol. The van der Waals surface area contributed by atoms with Gasteiger partial charge in [0.1, 0.15) is 4.91 Å². The van der Waals surface area contributed by atoms with Crippen LogP contribution in [0, 0.1) is 6.92 Å². The number of hydrogen-bond acceptors (Lipinski definition) is 5. The van der Waals surface area contributed by atoms with Crippen molar-refractivity contribution in [3.05, 3.63) is 94.4 Å². The van der Waals surface area contributed by atoms with E-state index in [0.29, 0.717) is 10.1 Å². The number of para-hydroxylation sites is 2. The van der Waals surface area contributed by atoms with E-state index in [1.165, 1.54) is 11.8 Å². The molecule has 4 nitrogen and oxygen atoms in total. The van der Waals surface area contributed by atoms with Gasteiger partial charge in [0.25, 0.3) is 5.91 Å². The quantitative estimate of drug-likeness (QED) is 0.456. The summed E-state index contributed by atoms with van der Waals surface area (Å²) in [5.74, 6) is -0.0394. The first-order chi connectivity index (χ1) is 14.6. The number of aryl methyl sites for hydroxylation is 1. The van der Waals surface area contributed by atoms with Crippen LogP contribution in [0.4, 0.5) is 17.1 Å². The molecule has 0 N–H and O–H groups in total. The summed E-state index contributed by atoms with van der Waals surface area (Å²) >= 11 is 3.07. The summed E-state index contributed by atoms with van der Waals surface area (Å²) in [4.78, 5) is 24.1. The van der Waals surface area contributed by atoms with Crippen LogP contribution in [0.2, 0.25) is 0 Å². The maximum Gasteiger partial charge on any atom is 0.274 e. The lowest BCUT2D eigenvalue weighted by atomic mass is 10.2. The van der Waals surface area contributed by atoms with E-state index >= 15 is 0 Å². The molecule has 5 rings (SSSR count). The first-order valence-electron chi connectivity index (χ1n) is 9.59. The predicted octanol–water partition coefficient (Wildman–Crippen LogP) is 6.17. The Bertz CT molecular complexity index is 1200. The van der Waals surface area contributed by atoms with Gasteiger partial charge < -0.3 is 4.90 Å². The summed E-state index contributed by atoms with van der Waals surface area (Å²) in [7, 11) is 2.01. The number of carbonyl (C=O) groups is 1. The highest BCUT2D eigenvalue weighted by molar-refractivity contribution is 8.20. The molecule has 0 atom stereocenters. The number of amides is 1. The van der Waals surface area contributed by atoms with Crippen molar-refractivity contribution in [2.24, 2.45) is 4.99 Å². The third kappa shape index (κ3) is 3.32. The van der Waals surface area contributed by atoms with Gasteiger partial charge in [0.2, 0.25) is 0 Å². The number of anilines is 2. The molecule has 0 unspecified atom stereocenters. The highest BCUT2D eigenvalue weighted by Gasteiger charge is 2.40. The molecule has 0 saturated carbocycles. The molecular formula is C24H19N3OS2. The third-order valence-corrected chi connectivity index (χ3v) is 7.35. The van der Waals surface area contributed by atoms with Gasteiger partial charge in [0.15, 0.2) is 5.17 Å². The Morgan fingerprint density at radius 2 is 1.63 bits per heavy atom. The van der Waals surface area contributed by atoms with E-state index in [1.54, 1.807) is 16.7 Å².